The number of nitrogens with two attached hydrogens (primary N) is 2. The predicted octanol–water partition coefficient (Wildman–Crippen LogP) is 6.93. The fourth-order valence-electron chi connectivity index (χ4n) is 13.7. The van der Waals surface area contributed by atoms with Crippen LogP contribution in [0.15, 0.2) is 127 Å². The second kappa shape index (κ2) is 46.0. The number of rotatable bonds is 28. The molecule has 5 aromatic carbocycles. The van der Waals surface area contributed by atoms with E-state index in [1.807, 2.05) is 104 Å². The number of hydrogen-bond donors (Lipinski definition) is 12. The summed E-state index contributed by atoms with van der Waals surface area (Å²) < 4.78 is 29.9. The van der Waals surface area contributed by atoms with Crippen LogP contribution in [0.1, 0.15) is 185 Å². The highest BCUT2D eigenvalue weighted by Crippen LogP contribution is 2.29. The van der Waals surface area contributed by atoms with Gasteiger partial charge in [-0.05, 0) is 199 Å². The normalized spacial score (nSPS) is 19.9. The van der Waals surface area contributed by atoms with Gasteiger partial charge in [-0.1, -0.05) is 139 Å². The minimum absolute atomic E-state index is 0.00237. The van der Waals surface area contributed by atoms with Crippen molar-refractivity contribution in [1.29, 1.82) is 0 Å². The molecule has 33 heteroatoms. The van der Waals surface area contributed by atoms with Gasteiger partial charge in [-0.15, -0.1) is 0 Å². The van der Waals surface area contributed by atoms with Gasteiger partial charge in [-0.25, -0.2) is 0 Å². The van der Waals surface area contributed by atoms with Crippen molar-refractivity contribution in [2.45, 2.75) is 284 Å². The van der Waals surface area contributed by atoms with E-state index in [-0.39, 0.29) is 51.2 Å². The SMILES string of the molecule is CC(C)C[C@H](N)C(=O)N1CCC[C@H]1C(=O)N[C@H]1CSSC[C@@H](C(=O)N[C@@H](Cc2ccc(-c3ccccc3)cc2)C(=O)N[C@@H](CC(=O)OC(C)(C)C)C(=O)NCc2cccc(CN)c2)NC(=O)C([C@@H](C)OC(C)(C)C)NC(=O)CNC(=O)[C@H](Cc2ccc(OC(C)(C)C)cc2)NC(=O)[C@H](Cc2ccc(OC(C)(C)C)cc2)NC(=O)[C@H](CC(=O)OC(C)(C)C)NC1=O. The zero-order valence-corrected chi connectivity index (χ0v) is 76.9. The molecule has 0 bridgehead atoms. The fraction of sp³-hybridized carbons (Fsp3) is 0.533. The Morgan fingerprint density at radius 3 is 1.62 bits per heavy atom. The molecule has 2 aliphatic rings. The Balaban J connectivity index is 1.37. The minimum Gasteiger partial charge on any atom is -0.488 e. The van der Waals surface area contributed by atoms with Crippen LogP contribution in [0.4, 0.5) is 0 Å². The van der Waals surface area contributed by atoms with Gasteiger partial charge >= 0.3 is 11.9 Å². The molecule has 0 aromatic heterocycles. The molecule has 2 heterocycles. The molecule has 682 valence electrons. The van der Waals surface area contributed by atoms with Crippen molar-refractivity contribution < 1.29 is 86.0 Å². The summed E-state index contributed by atoms with van der Waals surface area (Å²) in [5.41, 5.74) is 12.6. The highest BCUT2D eigenvalue weighted by atomic mass is 33.1. The van der Waals surface area contributed by atoms with E-state index < -0.39 is 202 Å². The summed E-state index contributed by atoms with van der Waals surface area (Å²) in [5.74, 6) is -11.9. The number of amides is 11. The number of carbonyl (C=O) groups is 13. The number of carbonyl (C=O) groups excluding carboxylic acids is 13. The Morgan fingerprint density at radius 2 is 1.06 bits per heavy atom. The van der Waals surface area contributed by atoms with Crippen LogP contribution < -0.4 is 74.1 Å². The first-order chi connectivity index (χ1) is 58.5. The van der Waals surface area contributed by atoms with Gasteiger partial charge in [-0.3, -0.25) is 62.3 Å². The van der Waals surface area contributed by atoms with Crippen LogP contribution in [-0.4, -0.2) is 201 Å². The molecule has 31 nitrogen and oxygen atoms in total. The number of esters is 2. The third-order valence-electron chi connectivity index (χ3n) is 19.2. The lowest BCUT2D eigenvalue weighted by Gasteiger charge is -2.32. The Labute approximate surface area is 742 Å². The first-order valence-corrected chi connectivity index (χ1v) is 44.8. The molecule has 2 aliphatic heterocycles. The minimum atomic E-state index is -1.90. The largest absolute Gasteiger partial charge is 0.488 e. The second-order valence-corrected chi connectivity index (χ2v) is 39.4. The van der Waals surface area contributed by atoms with Gasteiger partial charge in [0.15, 0.2) is 0 Å². The van der Waals surface area contributed by atoms with E-state index in [1.165, 1.54) is 11.8 Å². The number of benzene rings is 5. The summed E-state index contributed by atoms with van der Waals surface area (Å²) in [6, 6.07) is 21.4. The molecule has 0 saturated carbocycles. The van der Waals surface area contributed by atoms with Crippen molar-refractivity contribution in [1.82, 2.24) is 58.1 Å². The Bertz CT molecular complexity index is 4520. The smallest absolute Gasteiger partial charge is 0.308 e. The van der Waals surface area contributed by atoms with Gasteiger partial charge in [0.05, 0.1) is 37.1 Å². The Kier molecular flexibility index (Phi) is 37.4. The molecule has 11 atom stereocenters. The van der Waals surface area contributed by atoms with E-state index in [9.17, 15) is 24.0 Å². The lowest BCUT2D eigenvalue weighted by molar-refractivity contribution is -0.157. The molecule has 11 amide bonds. The second-order valence-electron chi connectivity index (χ2n) is 36.8. The van der Waals surface area contributed by atoms with Gasteiger partial charge < -0.3 is 93.2 Å². The molecule has 0 spiro atoms. The summed E-state index contributed by atoms with van der Waals surface area (Å²) in [6.07, 6.45) is -2.73. The molecule has 5 aromatic rings. The van der Waals surface area contributed by atoms with Gasteiger partial charge in [0.2, 0.25) is 65.0 Å². The van der Waals surface area contributed by atoms with Crippen molar-refractivity contribution >= 4 is 98.5 Å². The topological polar surface area (TPSA) is 444 Å². The summed E-state index contributed by atoms with van der Waals surface area (Å²) in [4.78, 5) is 196. The molecule has 0 radical (unpaired) electrons. The van der Waals surface area contributed by atoms with Gasteiger partial charge in [0.1, 0.15) is 88.3 Å². The van der Waals surface area contributed by atoms with E-state index in [0.29, 0.717) is 46.6 Å². The van der Waals surface area contributed by atoms with Gasteiger partial charge in [0, 0.05) is 50.4 Å². The quantitative estimate of drug-likeness (QED) is 0.0178. The zero-order valence-electron chi connectivity index (χ0n) is 75.2. The zero-order chi connectivity index (χ0) is 92.5. The Morgan fingerprint density at radius 1 is 0.528 bits per heavy atom. The van der Waals surface area contributed by atoms with Crippen molar-refractivity contribution in [2.24, 2.45) is 17.4 Å². The first-order valence-electron chi connectivity index (χ1n) is 42.3. The monoisotopic (exact) mass is 1770 g/mol. The third-order valence-corrected chi connectivity index (χ3v) is 21.7. The van der Waals surface area contributed by atoms with E-state index >= 15 is 38.4 Å². The van der Waals surface area contributed by atoms with Crippen molar-refractivity contribution in [3.05, 3.63) is 155 Å². The maximum Gasteiger partial charge on any atom is 0.308 e. The van der Waals surface area contributed by atoms with E-state index in [0.717, 1.165) is 38.3 Å². The maximum atomic E-state index is 15.8. The molecular weight excluding hydrogens is 1640 g/mol. The highest BCUT2D eigenvalue weighted by molar-refractivity contribution is 8.76. The molecule has 14 N–H and O–H groups in total. The average molecular weight is 1770 g/mol. The summed E-state index contributed by atoms with van der Waals surface area (Å²) in [6.45, 7) is 30.7. The van der Waals surface area contributed by atoms with Crippen molar-refractivity contribution in [3.63, 3.8) is 0 Å². The molecule has 2 saturated heterocycles. The average Bonchev–Trinajstić information content (AvgIpc) is 1.82. The van der Waals surface area contributed by atoms with E-state index in [1.54, 1.807) is 141 Å². The third kappa shape index (κ3) is 35.4. The van der Waals surface area contributed by atoms with Crippen molar-refractivity contribution in [3.8, 4) is 22.6 Å². The molecule has 2 fully saturated rings. The number of nitrogens with one attached hydrogen (secondary N) is 10. The van der Waals surface area contributed by atoms with Crippen LogP contribution in [0.5, 0.6) is 11.5 Å². The number of hydrogen-bond acceptors (Lipinski definition) is 22. The standard InChI is InChI=1S/C92H129N13O18S2/c1-54(2)42-65(94)87(118)105-41-23-28-73(105)85(116)102-71-52-124-125-53-72(84(115)99-68(45-56-29-35-62(36-30-56)61-26-20-19-21-27-61)81(112)100-69(47-75(107)122-91(13,14)15)79(110)95-50-60-25-22-24-59(43-60)49-93)103-86(117)77(55(3)119-88(4,5)6)104-74(106)51-96-78(109)66(44-57-31-37-63(38-32-57)120-89(7,8)9)97-80(111)67(46-58-33-39-64(40-34-58)121-90(10,11)12)98-82(113)70(101-83(71)114)48-76(108)123-92(16,17)18/h19-22,24-27,29-40,43,54-55,65-73,77H,23,28,41-42,44-53,93-94H2,1-18H3,(H,95,110)(H,96,109)(H,97,111)(H,98,113)(H,99,115)(H,100,112)(H,101,114)(H,102,116)(H,103,117)(H,104,106)/t55-,65+,66+,67+,68+,69+,70+,71+,72+,73+,77?/m1/s1. The highest BCUT2D eigenvalue weighted by Gasteiger charge is 2.42. The number of nitrogens with zero attached hydrogens (tertiary/aromatic N) is 1. The molecular formula is C92H129N13O18S2. The lowest BCUT2D eigenvalue weighted by atomic mass is 9.99. The molecule has 0 aliphatic carbocycles. The first kappa shape index (κ1) is 101. The molecule has 7 rings (SSSR count). The van der Waals surface area contributed by atoms with Crippen molar-refractivity contribution in [2.75, 3.05) is 24.6 Å². The predicted molar refractivity (Wildman–Crippen MR) is 480 cm³/mol. The lowest BCUT2D eigenvalue weighted by Crippen LogP contribution is -2.61. The fourth-order valence-corrected chi connectivity index (χ4v) is 16.1. The van der Waals surface area contributed by atoms with E-state index in [4.69, 9.17) is 35.2 Å². The van der Waals surface area contributed by atoms with Crippen LogP contribution in [0.25, 0.3) is 11.1 Å². The molecule has 1 unspecified atom stereocenters. The summed E-state index contributed by atoms with van der Waals surface area (Å²) in [5, 5.41) is 27.4. The Hall–Kier alpha value is -10.6. The van der Waals surface area contributed by atoms with Crippen LogP contribution in [0.2, 0.25) is 0 Å². The maximum absolute atomic E-state index is 15.8. The van der Waals surface area contributed by atoms with Crippen LogP contribution >= 0.6 is 21.6 Å². The summed E-state index contributed by atoms with van der Waals surface area (Å²) in [7, 11) is 1.77. The van der Waals surface area contributed by atoms with E-state index in [2.05, 4.69) is 53.2 Å². The van der Waals surface area contributed by atoms with Crippen LogP contribution in [0.3, 0.4) is 0 Å². The number of ether oxygens (including phenoxy) is 5. The van der Waals surface area contributed by atoms with Crippen LogP contribution in [-0.2, 0) is 109 Å². The summed E-state index contributed by atoms with van der Waals surface area (Å²) >= 11 is 0. The molecule has 125 heavy (non-hydrogen) atoms. The van der Waals surface area contributed by atoms with Gasteiger partial charge in [0.25, 0.3) is 0 Å². The van der Waals surface area contributed by atoms with Gasteiger partial charge in [-0.2, -0.15) is 0 Å². The number of likely N-dealkylation sites (tertiary alicyclic amines) is 1. The van der Waals surface area contributed by atoms with Crippen LogP contribution in [0, 0.1) is 5.92 Å².